The predicted octanol–water partition coefficient (Wildman–Crippen LogP) is -2.39. The molecule has 0 heterocycles. The summed E-state index contributed by atoms with van der Waals surface area (Å²) in [7, 11) is 0. The number of aliphatic carboxylic acids is 4. The normalized spacial score (nSPS) is 11.9. The van der Waals surface area contributed by atoms with Gasteiger partial charge in [-0.3, -0.25) is 19.2 Å². The van der Waals surface area contributed by atoms with E-state index >= 15 is 0 Å². The summed E-state index contributed by atoms with van der Waals surface area (Å²) in [5, 5.41) is 32.5. The molecule has 120 valence electrons. The molecule has 0 amide bonds. The van der Waals surface area contributed by atoms with Gasteiger partial charge in [0.25, 0.3) is 0 Å². The van der Waals surface area contributed by atoms with Crippen molar-refractivity contribution in [2.45, 2.75) is 37.8 Å². The SMILES string of the molecule is NC(CCC(=O)O)C(=O)O.NC(CCC(=O)O)C(=O)O.[CaH2]. The first-order valence-electron chi connectivity index (χ1n) is 5.48. The van der Waals surface area contributed by atoms with Gasteiger partial charge in [-0.1, -0.05) is 0 Å². The molecule has 0 aromatic carbocycles. The Hall–Kier alpha value is -0.940. The van der Waals surface area contributed by atoms with Crippen molar-refractivity contribution >= 4 is 61.6 Å². The molecular weight excluding hydrogens is 316 g/mol. The molecule has 2 unspecified atom stereocenters. The average Bonchev–Trinajstić information content (AvgIpc) is 2.33. The summed E-state index contributed by atoms with van der Waals surface area (Å²) in [6.45, 7) is 0. The second-order valence-electron chi connectivity index (χ2n) is 3.75. The average molecular weight is 336 g/mol. The molecule has 8 N–H and O–H groups in total. The number of nitrogens with two attached hydrogens (primary N) is 2. The quantitative estimate of drug-likeness (QED) is 0.260. The first kappa shape index (κ1) is 25.0. The number of carboxylic acids is 4. The summed E-state index contributed by atoms with van der Waals surface area (Å²) in [6.07, 6.45) is -0.448. The van der Waals surface area contributed by atoms with Crippen molar-refractivity contribution in [2.75, 3.05) is 0 Å². The third-order valence-electron chi connectivity index (χ3n) is 1.97. The van der Waals surface area contributed by atoms with E-state index in [1.54, 1.807) is 0 Å². The van der Waals surface area contributed by atoms with Gasteiger partial charge < -0.3 is 31.9 Å². The van der Waals surface area contributed by atoms with Crippen LogP contribution in [0.2, 0.25) is 0 Å². The van der Waals surface area contributed by atoms with Crippen molar-refractivity contribution in [3.05, 3.63) is 0 Å². The monoisotopic (exact) mass is 336 g/mol. The van der Waals surface area contributed by atoms with E-state index in [9.17, 15) is 19.2 Å². The molecule has 0 aromatic rings. The Balaban J connectivity index is -0.000000295. The van der Waals surface area contributed by atoms with Crippen molar-refractivity contribution in [3.8, 4) is 0 Å². The number of hydrogen-bond acceptors (Lipinski definition) is 6. The van der Waals surface area contributed by atoms with Crippen LogP contribution >= 0.6 is 0 Å². The third kappa shape index (κ3) is 19.1. The summed E-state index contributed by atoms with van der Waals surface area (Å²) in [4.78, 5) is 39.7. The van der Waals surface area contributed by atoms with Crippen molar-refractivity contribution in [3.63, 3.8) is 0 Å². The van der Waals surface area contributed by atoms with Crippen molar-refractivity contribution in [1.29, 1.82) is 0 Å². The number of carbonyl (C=O) groups is 4. The first-order valence-corrected chi connectivity index (χ1v) is 5.48. The Kier molecular flexibility index (Phi) is 16.7. The summed E-state index contributed by atoms with van der Waals surface area (Å²) < 4.78 is 0. The van der Waals surface area contributed by atoms with Crippen LogP contribution in [0, 0.1) is 0 Å². The molecule has 0 aliphatic carbocycles. The van der Waals surface area contributed by atoms with Gasteiger partial charge in [0.2, 0.25) is 0 Å². The molecule has 0 saturated carbocycles. The molecule has 0 fully saturated rings. The minimum atomic E-state index is -1.17. The fourth-order valence-corrected chi connectivity index (χ4v) is 0.805. The molecule has 0 spiro atoms. The zero-order chi connectivity index (χ0) is 16.3. The molecule has 0 bridgehead atoms. The van der Waals surface area contributed by atoms with Gasteiger partial charge in [0.15, 0.2) is 0 Å². The maximum atomic E-state index is 9.99. The third-order valence-corrected chi connectivity index (χ3v) is 1.97. The number of carboxylic acid groups (broad SMARTS) is 4. The van der Waals surface area contributed by atoms with Gasteiger partial charge in [-0.25, -0.2) is 0 Å². The van der Waals surface area contributed by atoms with E-state index in [2.05, 4.69) is 0 Å². The molecular formula is C10H20CaN2O8. The molecule has 10 nitrogen and oxygen atoms in total. The summed E-state index contributed by atoms with van der Waals surface area (Å²) in [5.74, 6) is -4.39. The van der Waals surface area contributed by atoms with E-state index in [0.29, 0.717) is 0 Å². The number of hydrogen-bond donors (Lipinski definition) is 6. The molecule has 11 heteroatoms. The van der Waals surface area contributed by atoms with Gasteiger partial charge in [-0.2, -0.15) is 0 Å². The topological polar surface area (TPSA) is 201 Å². The van der Waals surface area contributed by atoms with Crippen LogP contribution in [0.1, 0.15) is 25.7 Å². The first-order chi connectivity index (χ1) is 9.07. The van der Waals surface area contributed by atoms with Crippen LogP contribution in [0.25, 0.3) is 0 Å². The molecule has 0 aromatic heterocycles. The summed E-state index contributed by atoms with van der Waals surface area (Å²) in [6, 6.07) is -2.12. The van der Waals surface area contributed by atoms with Gasteiger partial charge in [0.05, 0.1) is 0 Å². The van der Waals surface area contributed by atoms with E-state index in [1.165, 1.54) is 0 Å². The van der Waals surface area contributed by atoms with E-state index in [4.69, 9.17) is 31.9 Å². The molecule has 0 radical (unpaired) electrons. The van der Waals surface area contributed by atoms with Gasteiger partial charge in [0, 0.05) is 12.8 Å². The van der Waals surface area contributed by atoms with E-state index in [1.807, 2.05) is 0 Å². The van der Waals surface area contributed by atoms with Crippen LogP contribution in [0.4, 0.5) is 0 Å². The Morgan fingerprint density at radius 2 is 0.952 bits per heavy atom. The fraction of sp³-hybridized carbons (Fsp3) is 0.600. The minimum absolute atomic E-state index is 0. The van der Waals surface area contributed by atoms with Crippen molar-refractivity contribution in [2.24, 2.45) is 11.5 Å². The zero-order valence-corrected chi connectivity index (χ0v) is 10.6. The van der Waals surface area contributed by atoms with E-state index in [-0.39, 0.29) is 63.4 Å². The Bertz CT molecular complexity index is 329. The maximum absolute atomic E-state index is 9.99. The van der Waals surface area contributed by atoms with Crippen molar-refractivity contribution < 1.29 is 39.6 Å². The summed E-state index contributed by atoms with van der Waals surface area (Å²) in [5.41, 5.74) is 10.0. The van der Waals surface area contributed by atoms with Gasteiger partial charge >= 0.3 is 61.6 Å². The van der Waals surface area contributed by atoms with Crippen LogP contribution in [-0.2, 0) is 19.2 Å². The van der Waals surface area contributed by atoms with Gasteiger partial charge in [0.1, 0.15) is 12.1 Å². The van der Waals surface area contributed by atoms with Crippen LogP contribution < -0.4 is 11.5 Å². The fourth-order valence-electron chi connectivity index (χ4n) is 0.805. The van der Waals surface area contributed by atoms with Crippen LogP contribution in [0.3, 0.4) is 0 Å². The molecule has 0 rings (SSSR count). The molecule has 0 aliphatic heterocycles. The van der Waals surface area contributed by atoms with E-state index < -0.39 is 36.0 Å². The molecule has 0 aliphatic rings. The summed E-state index contributed by atoms with van der Waals surface area (Å²) >= 11 is 0. The zero-order valence-electron chi connectivity index (χ0n) is 10.6. The van der Waals surface area contributed by atoms with Crippen LogP contribution in [-0.4, -0.2) is 94.1 Å². The second kappa shape index (κ2) is 14.0. The Labute approximate surface area is 150 Å². The predicted molar refractivity (Wildman–Crippen MR) is 73.5 cm³/mol. The molecule has 2 atom stereocenters. The number of rotatable bonds is 8. The van der Waals surface area contributed by atoms with Crippen molar-refractivity contribution in [1.82, 2.24) is 0 Å². The Morgan fingerprint density at radius 1 is 0.714 bits per heavy atom. The molecule has 21 heavy (non-hydrogen) atoms. The van der Waals surface area contributed by atoms with Crippen LogP contribution in [0.5, 0.6) is 0 Å². The van der Waals surface area contributed by atoms with Gasteiger partial charge in [-0.05, 0) is 12.8 Å². The molecule has 0 saturated heterocycles. The second-order valence-corrected chi connectivity index (χ2v) is 3.75. The standard InChI is InChI=1S/2C5H9NO4.Ca.2H/c2*6-3(5(9)10)1-2-4(7)8;;;/h2*3H,1-2,6H2,(H,7,8)(H,9,10);;;. The van der Waals surface area contributed by atoms with E-state index in [0.717, 1.165) is 0 Å². The Morgan fingerprint density at radius 3 is 1.10 bits per heavy atom. The van der Waals surface area contributed by atoms with Gasteiger partial charge in [-0.15, -0.1) is 0 Å². The van der Waals surface area contributed by atoms with Crippen LogP contribution in [0.15, 0.2) is 0 Å².